The summed E-state index contributed by atoms with van der Waals surface area (Å²) in [5.41, 5.74) is 2.78. The molecular formula is C12H16N4O6. The Morgan fingerprint density at radius 1 is 1.45 bits per heavy atom. The lowest BCUT2D eigenvalue weighted by molar-refractivity contribution is -0.139. The van der Waals surface area contributed by atoms with Crippen LogP contribution in [-0.2, 0) is 15.3 Å². The monoisotopic (exact) mass is 312 g/mol. The van der Waals surface area contributed by atoms with Gasteiger partial charge in [0.2, 0.25) is 5.91 Å². The van der Waals surface area contributed by atoms with Gasteiger partial charge < -0.3 is 30.9 Å². The molecule has 1 aliphatic heterocycles. The molecule has 3 aliphatic rings. The standard InChI is InChI=1S/C12H16N4O6/c13-5(19)1-4(18)10-14-3-16(15-10)12-7(9(12)21)6-8(20)11(6,2-17)22-12/h3-4,6-9,17-18,20-21H,1-2H2,(H2,13,19). The molecule has 6 N–H and O–H groups in total. The Kier molecular flexibility index (Phi) is 2.57. The van der Waals surface area contributed by atoms with Crippen molar-refractivity contribution in [3.05, 3.63) is 12.2 Å². The molecule has 1 saturated heterocycles. The van der Waals surface area contributed by atoms with Gasteiger partial charge in [-0.25, -0.2) is 9.67 Å². The predicted octanol–water partition coefficient (Wildman–Crippen LogP) is -3.42. The predicted molar refractivity (Wildman–Crippen MR) is 66.7 cm³/mol. The van der Waals surface area contributed by atoms with Crippen LogP contribution in [0.4, 0.5) is 0 Å². The summed E-state index contributed by atoms with van der Waals surface area (Å²) in [6.07, 6.45) is -1.96. The van der Waals surface area contributed by atoms with Crippen molar-refractivity contribution in [2.24, 2.45) is 17.6 Å². The Labute approximate surface area is 124 Å². The average molecular weight is 312 g/mol. The highest BCUT2D eigenvalue weighted by Gasteiger charge is 2.91. The highest BCUT2D eigenvalue weighted by atomic mass is 16.6. The molecule has 2 heterocycles. The van der Waals surface area contributed by atoms with Crippen molar-refractivity contribution < 1.29 is 30.0 Å². The maximum atomic E-state index is 10.8. The molecule has 3 fully saturated rings. The number of fused-ring (bicyclic) bond motifs is 3. The number of aliphatic hydroxyl groups excluding tert-OH is 4. The minimum Gasteiger partial charge on any atom is -0.393 e. The van der Waals surface area contributed by atoms with Crippen LogP contribution >= 0.6 is 0 Å². The van der Waals surface area contributed by atoms with Gasteiger partial charge in [-0.3, -0.25) is 4.79 Å². The number of amides is 1. The highest BCUT2D eigenvalue weighted by molar-refractivity contribution is 5.74. The van der Waals surface area contributed by atoms with Crippen LogP contribution in [0.2, 0.25) is 0 Å². The van der Waals surface area contributed by atoms with Gasteiger partial charge in [-0.2, -0.15) is 5.10 Å². The zero-order valence-corrected chi connectivity index (χ0v) is 11.4. The van der Waals surface area contributed by atoms with E-state index in [0.717, 1.165) is 0 Å². The fourth-order valence-corrected chi connectivity index (χ4v) is 3.74. The summed E-state index contributed by atoms with van der Waals surface area (Å²) in [7, 11) is 0. The summed E-state index contributed by atoms with van der Waals surface area (Å²) in [4.78, 5) is 14.7. The van der Waals surface area contributed by atoms with Crippen LogP contribution in [0.5, 0.6) is 0 Å². The Hall–Kier alpha value is -1.59. The molecule has 2 saturated carbocycles. The number of carbonyl (C=O) groups excluding carboxylic acids is 1. The maximum Gasteiger partial charge on any atom is 0.220 e. The number of nitrogens with two attached hydrogens (primary N) is 1. The highest BCUT2D eigenvalue weighted by Crippen LogP contribution is 2.75. The van der Waals surface area contributed by atoms with Gasteiger partial charge in [-0.05, 0) is 0 Å². The topological polar surface area (TPSA) is 164 Å². The number of hydrogen-bond acceptors (Lipinski definition) is 8. The van der Waals surface area contributed by atoms with Crippen molar-refractivity contribution in [2.75, 3.05) is 6.61 Å². The normalized spacial score (nSPS) is 46.0. The lowest BCUT2D eigenvalue weighted by atomic mass is 10.2. The molecule has 7 atom stereocenters. The van der Waals surface area contributed by atoms with E-state index in [1.807, 2.05) is 0 Å². The number of aromatic nitrogens is 3. The first-order valence-corrected chi connectivity index (χ1v) is 6.94. The van der Waals surface area contributed by atoms with Crippen LogP contribution in [-0.4, -0.2) is 65.5 Å². The third-order valence-electron chi connectivity index (χ3n) is 4.98. The van der Waals surface area contributed by atoms with E-state index in [0.29, 0.717) is 0 Å². The van der Waals surface area contributed by atoms with E-state index in [1.54, 1.807) is 0 Å². The lowest BCUT2D eigenvalue weighted by Gasteiger charge is -2.21. The summed E-state index contributed by atoms with van der Waals surface area (Å²) in [5, 5.41) is 43.2. The summed E-state index contributed by atoms with van der Waals surface area (Å²) in [5.74, 6) is -1.44. The molecule has 1 amide bonds. The first-order valence-electron chi connectivity index (χ1n) is 6.94. The van der Waals surface area contributed by atoms with E-state index in [1.165, 1.54) is 11.0 Å². The van der Waals surface area contributed by atoms with E-state index < -0.39 is 41.5 Å². The first-order chi connectivity index (χ1) is 10.4. The number of nitrogens with zero attached hydrogens (tertiary/aromatic N) is 3. The molecule has 120 valence electrons. The summed E-state index contributed by atoms with van der Waals surface area (Å²) < 4.78 is 7.03. The van der Waals surface area contributed by atoms with Gasteiger partial charge in [0.1, 0.15) is 24.1 Å². The number of rotatable bonds is 5. The SMILES string of the molecule is NC(=O)CC(O)c1ncn(C23OC4(CO)C(O)C4C2C3O)n1. The van der Waals surface area contributed by atoms with Crippen molar-refractivity contribution in [2.45, 2.75) is 36.1 Å². The smallest absolute Gasteiger partial charge is 0.220 e. The second-order valence-electron chi connectivity index (χ2n) is 6.14. The molecular weight excluding hydrogens is 296 g/mol. The quantitative estimate of drug-likeness (QED) is 0.375. The molecule has 2 aliphatic carbocycles. The number of carbonyl (C=O) groups is 1. The molecule has 0 radical (unpaired) electrons. The molecule has 10 heteroatoms. The minimum absolute atomic E-state index is 0.00574. The van der Waals surface area contributed by atoms with Crippen molar-refractivity contribution in [3.8, 4) is 0 Å². The Morgan fingerprint density at radius 2 is 2.18 bits per heavy atom. The van der Waals surface area contributed by atoms with Crippen molar-refractivity contribution in [1.82, 2.24) is 14.8 Å². The lowest BCUT2D eigenvalue weighted by Crippen LogP contribution is -2.35. The van der Waals surface area contributed by atoms with Crippen LogP contribution in [0.25, 0.3) is 0 Å². The summed E-state index contributed by atoms with van der Waals surface area (Å²) >= 11 is 0. The van der Waals surface area contributed by atoms with E-state index in [2.05, 4.69) is 10.1 Å². The molecule has 22 heavy (non-hydrogen) atoms. The van der Waals surface area contributed by atoms with Gasteiger partial charge in [0.05, 0.1) is 25.0 Å². The van der Waals surface area contributed by atoms with Gasteiger partial charge in [0, 0.05) is 5.92 Å². The Bertz CT molecular complexity index is 651. The van der Waals surface area contributed by atoms with Crippen molar-refractivity contribution in [3.63, 3.8) is 0 Å². The second-order valence-corrected chi connectivity index (χ2v) is 6.14. The van der Waals surface area contributed by atoms with E-state index in [-0.39, 0.29) is 24.8 Å². The van der Waals surface area contributed by atoms with Crippen molar-refractivity contribution >= 4 is 5.91 Å². The molecule has 1 aromatic heterocycles. The Morgan fingerprint density at radius 3 is 2.82 bits per heavy atom. The van der Waals surface area contributed by atoms with E-state index in [9.17, 15) is 25.2 Å². The molecule has 1 aromatic rings. The van der Waals surface area contributed by atoms with E-state index in [4.69, 9.17) is 10.5 Å². The van der Waals surface area contributed by atoms with Gasteiger partial charge in [-0.15, -0.1) is 0 Å². The molecule has 4 rings (SSSR count). The molecule has 0 spiro atoms. The number of hydrogen-bond donors (Lipinski definition) is 5. The second kappa shape index (κ2) is 4.03. The average Bonchev–Trinajstić information content (AvgIpc) is 3.05. The first kappa shape index (κ1) is 14.0. The number of ether oxygens (including phenoxy) is 1. The molecule has 0 aromatic carbocycles. The minimum atomic E-state index is -1.24. The van der Waals surface area contributed by atoms with Gasteiger partial charge in [0.25, 0.3) is 0 Å². The van der Waals surface area contributed by atoms with Crippen LogP contribution in [0.3, 0.4) is 0 Å². The summed E-state index contributed by atoms with van der Waals surface area (Å²) in [6.45, 7) is -0.352. The zero-order chi connectivity index (χ0) is 15.9. The fraction of sp³-hybridized carbons (Fsp3) is 0.750. The van der Waals surface area contributed by atoms with Crippen LogP contribution < -0.4 is 5.73 Å². The number of aliphatic hydroxyl groups is 4. The van der Waals surface area contributed by atoms with Crippen LogP contribution in [0.1, 0.15) is 18.3 Å². The molecule has 0 bridgehead atoms. The van der Waals surface area contributed by atoms with E-state index >= 15 is 0 Å². The zero-order valence-electron chi connectivity index (χ0n) is 11.4. The fourth-order valence-electron chi connectivity index (χ4n) is 3.74. The van der Waals surface area contributed by atoms with Crippen LogP contribution in [0.15, 0.2) is 6.33 Å². The van der Waals surface area contributed by atoms with Crippen LogP contribution in [0, 0.1) is 11.8 Å². The molecule has 7 unspecified atom stereocenters. The Balaban J connectivity index is 1.59. The molecule has 10 nitrogen and oxygen atoms in total. The van der Waals surface area contributed by atoms with Gasteiger partial charge >= 0.3 is 0 Å². The van der Waals surface area contributed by atoms with Crippen molar-refractivity contribution in [1.29, 1.82) is 0 Å². The summed E-state index contributed by atoms with van der Waals surface area (Å²) in [6, 6.07) is 0. The largest absolute Gasteiger partial charge is 0.393 e. The van der Waals surface area contributed by atoms with Gasteiger partial charge in [0.15, 0.2) is 11.5 Å². The third-order valence-corrected chi connectivity index (χ3v) is 4.98. The van der Waals surface area contributed by atoms with Gasteiger partial charge in [-0.1, -0.05) is 0 Å². The third kappa shape index (κ3) is 1.43. The maximum absolute atomic E-state index is 10.8. The number of primary amides is 1.